The van der Waals surface area contributed by atoms with E-state index in [4.69, 9.17) is 5.73 Å². The van der Waals surface area contributed by atoms with Crippen LogP contribution in [-0.2, 0) is 0 Å². The predicted molar refractivity (Wildman–Crippen MR) is 73.0 cm³/mol. The molecule has 0 aliphatic rings. The standard InChI is InChI=1S/C14H24N2O/c1-4-5-8-16(3)10-14(17)12-7-6-11(2)13(15)9-12/h6-7,9,14,17H,4-5,8,10,15H2,1-3H3. The van der Waals surface area contributed by atoms with Crippen molar-refractivity contribution >= 4 is 5.69 Å². The molecule has 1 rings (SSSR count). The van der Waals surface area contributed by atoms with Gasteiger partial charge in [-0.05, 0) is 44.1 Å². The van der Waals surface area contributed by atoms with Crippen molar-refractivity contribution in [3.8, 4) is 0 Å². The van der Waals surface area contributed by atoms with Gasteiger partial charge in [0.2, 0.25) is 0 Å². The molecule has 0 spiro atoms. The molecule has 1 aromatic rings. The zero-order valence-electron chi connectivity index (χ0n) is 11.1. The Morgan fingerprint density at radius 1 is 1.41 bits per heavy atom. The van der Waals surface area contributed by atoms with Crippen molar-refractivity contribution < 1.29 is 5.11 Å². The number of benzene rings is 1. The number of hydrogen-bond donors (Lipinski definition) is 2. The lowest BCUT2D eigenvalue weighted by molar-refractivity contribution is 0.126. The minimum absolute atomic E-state index is 0.459. The molecule has 0 saturated carbocycles. The third-order valence-electron chi connectivity index (χ3n) is 3.07. The van der Waals surface area contributed by atoms with E-state index in [1.807, 2.05) is 32.2 Å². The third-order valence-corrected chi connectivity index (χ3v) is 3.07. The summed E-state index contributed by atoms with van der Waals surface area (Å²) in [7, 11) is 2.04. The van der Waals surface area contributed by atoms with Crippen LogP contribution in [0, 0.1) is 6.92 Å². The van der Waals surface area contributed by atoms with E-state index in [0.29, 0.717) is 6.54 Å². The van der Waals surface area contributed by atoms with Crippen LogP contribution in [0.3, 0.4) is 0 Å². The Balaban J connectivity index is 2.57. The van der Waals surface area contributed by atoms with E-state index in [-0.39, 0.29) is 0 Å². The Morgan fingerprint density at radius 3 is 2.71 bits per heavy atom. The van der Waals surface area contributed by atoms with E-state index in [1.165, 1.54) is 12.8 Å². The number of nitrogens with two attached hydrogens (primary N) is 1. The topological polar surface area (TPSA) is 49.5 Å². The van der Waals surface area contributed by atoms with E-state index < -0.39 is 6.10 Å². The zero-order chi connectivity index (χ0) is 12.8. The molecule has 0 heterocycles. The molecule has 1 atom stereocenters. The van der Waals surface area contributed by atoms with Gasteiger partial charge in [0, 0.05) is 12.2 Å². The number of nitrogens with zero attached hydrogens (tertiary/aromatic N) is 1. The molecule has 1 aromatic carbocycles. The number of aliphatic hydroxyl groups is 1. The van der Waals surface area contributed by atoms with Crippen molar-refractivity contribution in [3.63, 3.8) is 0 Å². The molecule has 96 valence electrons. The number of hydrogen-bond acceptors (Lipinski definition) is 3. The maximum absolute atomic E-state index is 10.1. The summed E-state index contributed by atoms with van der Waals surface area (Å²) in [6.07, 6.45) is 1.89. The molecule has 0 radical (unpaired) electrons. The molecule has 3 heteroatoms. The maximum atomic E-state index is 10.1. The Morgan fingerprint density at radius 2 is 2.12 bits per heavy atom. The summed E-state index contributed by atoms with van der Waals surface area (Å²) in [5.41, 5.74) is 8.55. The van der Waals surface area contributed by atoms with Gasteiger partial charge in [0.05, 0.1) is 6.10 Å². The van der Waals surface area contributed by atoms with Gasteiger partial charge in [0.15, 0.2) is 0 Å². The van der Waals surface area contributed by atoms with Gasteiger partial charge in [-0.1, -0.05) is 25.5 Å². The summed E-state index contributed by atoms with van der Waals surface area (Å²) in [6.45, 7) is 5.82. The first kappa shape index (κ1) is 14.0. The van der Waals surface area contributed by atoms with Crippen molar-refractivity contribution in [1.82, 2.24) is 4.90 Å². The number of rotatable bonds is 6. The Labute approximate surface area is 104 Å². The lowest BCUT2D eigenvalue weighted by Gasteiger charge is -2.21. The second-order valence-corrected chi connectivity index (χ2v) is 4.75. The summed E-state index contributed by atoms with van der Waals surface area (Å²) in [4.78, 5) is 2.16. The van der Waals surface area contributed by atoms with Crippen LogP contribution < -0.4 is 5.73 Å². The van der Waals surface area contributed by atoms with Crippen LogP contribution in [0.15, 0.2) is 18.2 Å². The normalized spacial score (nSPS) is 13.0. The fraction of sp³-hybridized carbons (Fsp3) is 0.571. The van der Waals surface area contributed by atoms with Gasteiger partial charge in [-0.25, -0.2) is 0 Å². The molecular weight excluding hydrogens is 212 g/mol. The molecule has 0 bridgehead atoms. The number of aliphatic hydroxyl groups excluding tert-OH is 1. The largest absolute Gasteiger partial charge is 0.399 e. The van der Waals surface area contributed by atoms with Gasteiger partial charge in [0.1, 0.15) is 0 Å². The first-order valence-electron chi connectivity index (χ1n) is 6.27. The van der Waals surface area contributed by atoms with E-state index in [0.717, 1.165) is 23.4 Å². The van der Waals surface area contributed by atoms with Crippen molar-refractivity contribution in [2.75, 3.05) is 25.9 Å². The Hall–Kier alpha value is -1.06. The highest BCUT2D eigenvalue weighted by Gasteiger charge is 2.11. The zero-order valence-corrected chi connectivity index (χ0v) is 11.1. The monoisotopic (exact) mass is 236 g/mol. The van der Waals surface area contributed by atoms with Crippen LogP contribution in [0.5, 0.6) is 0 Å². The number of aryl methyl sites for hydroxylation is 1. The fourth-order valence-electron chi connectivity index (χ4n) is 1.79. The second kappa shape index (κ2) is 6.62. The van der Waals surface area contributed by atoms with Crippen LogP contribution in [0.25, 0.3) is 0 Å². The number of likely N-dealkylation sites (N-methyl/N-ethyl adjacent to an activating group) is 1. The van der Waals surface area contributed by atoms with Gasteiger partial charge < -0.3 is 15.7 Å². The molecule has 0 amide bonds. The van der Waals surface area contributed by atoms with Crippen LogP contribution in [0.4, 0.5) is 5.69 Å². The van der Waals surface area contributed by atoms with E-state index in [9.17, 15) is 5.11 Å². The summed E-state index contributed by atoms with van der Waals surface area (Å²) < 4.78 is 0. The average molecular weight is 236 g/mol. The molecule has 0 aromatic heterocycles. The van der Waals surface area contributed by atoms with E-state index >= 15 is 0 Å². The van der Waals surface area contributed by atoms with Crippen LogP contribution >= 0.6 is 0 Å². The number of nitrogen functional groups attached to an aromatic ring is 1. The molecule has 0 aliphatic carbocycles. The third kappa shape index (κ3) is 4.36. The highest BCUT2D eigenvalue weighted by Crippen LogP contribution is 2.19. The van der Waals surface area contributed by atoms with Crippen LogP contribution in [-0.4, -0.2) is 30.1 Å². The Bertz CT molecular complexity index is 352. The van der Waals surface area contributed by atoms with Gasteiger partial charge in [-0.2, -0.15) is 0 Å². The summed E-state index contributed by atoms with van der Waals surface area (Å²) in [5.74, 6) is 0. The van der Waals surface area contributed by atoms with E-state index in [1.54, 1.807) is 0 Å². The highest BCUT2D eigenvalue weighted by molar-refractivity contribution is 5.48. The SMILES string of the molecule is CCCCN(C)CC(O)c1ccc(C)c(N)c1. The molecule has 3 N–H and O–H groups in total. The van der Waals surface area contributed by atoms with Crippen LogP contribution in [0.2, 0.25) is 0 Å². The molecule has 0 fully saturated rings. The fourth-order valence-corrected chi connectivity index (χ4v) is 1.79. The molecular formula is C14H24N2O. The molecule has 1 unspecified atom stereocenters. The van der Waals surface area contributed by atoms with Gasteiger partial charge in [0.25, 0.3) is 0 Å². The quantitative estimate of drug-likeness (QED) is 0.745. The van der Waals surface area contributed by atoms with Gasteiger partial charge in [-0.15, -0.1) is 0 Å². The first-order chi connectivity index (χ1) is 8.04. The molecule has 3 nitrogen and oxygen atoms in total. The van der Waals surface area contributed by atoms with Crippen LogP contribution in [0.1, 0.15) is 37.0 Å². The minimum atomic E-state index is -0.459. The summed E-state index contributed by atoms with van der Waals surface area (Å²) in [5, 5.41) is 10.1. The maximum Gasteiger partial charge on any atom is 0.0917 e. The summed E-state index contributed by atoms with van der Waals surface area (Å²) >= 11 is 0. The van der Waals surface area contributed by atoms with Crippen molar-refractivity contribution in [2.45, 2.75) is 32.8 Å². The average Bonchev–Trinajstić information content (AvgIpc) is 2.30. The van der Waals surface area contributed by atoms with Crippen molar-refractivity contribution in [2.24, 2.45) is 0 Å². The molecule has 0 saturated heterocycles. The molecule has 0 aliphatic heterocycles. The lowest BCUT2D eigenvalue weighted by atomic mass is 10.1. The highest BCUT2D eigenvalue weighted by atomic mass is 16.3. The smallest absolute Gasteiger partial charge is 0.0917 e. The number of anilines is 1. The Kier molecular flexibility index (Phi) is 5.45. The molecule has 17 heavy (non-hydrogen) atoms. The lowest BCUT2D eigenvalue weighted by Crippen LogP contribution is -2.25. The summed E-state index contributed by atoms with van der Waals surface area (Å²) in [6, 6.07) is 5.78. The van der Waals surface area contributed by atoms with E-state index in [2.05, 4.69) is 11.8 Å². The van der Waals surface area contributed by atoms with Gasteiger partial charge >= 0.3 is 0 Å². The number of unbranched alkanes of at least 4 members (excludes halogenated alkanes) is 1. The second-order valence-electron chi connectivity index (χ2n) is 4.75. The minimum Gasteiger partial charge on any atom is -0.399 e. The van der Waals surface area contributed by atoms with Crippen molar-refractivity contribution in [1.29, 1.82) is 0 Å². The van der Waals surface area contributed by atoms with Gasteiger partial charge in [-0.3, -0.25) is 0 Å². The van der Waals surface area contributed by atoms with Crippen molar-refractivity contribution in [3.05, 3.63) is 29.3 Å². The first-order valence-corrected chi connectivity index (χ1v) is 6.27. The predicted octanol–water partition coefficient (Wildman–Crippen LogP) is 2.34.